The van der Waals surface area contributed by atoms with Crippen LogP contribution in [0.15, 0.2) is 24.5 Å². The van der Waals surface area contributed by atoms with E-state index in [1.165, 1.54) is 12.4 Å². The van der Waals surface area contributed by atoms with E-state index in [1.54, 1.807) is 19.3 Å². The zero-order valence-corrected chi connectivity index (χ0v) is 19.3. The minimum Gasteiger partial charge on any atom is -0.493 e. The first-order valence-electron chi connectivity index (χ1n) is 10.1. The molecule has 1 unspecified atom stereocenters. The van der Waals surface area contributed by atoms with E-state index < -0.39 is 27.4 Å². The van der Waals surface area contributed by atoms with E-state index in [4.69, 9.17) is 32.7 Å². The highest BCUT2D eigenvalue weighted by Gasteiger charge is 2.52. The van der Waals surface area contributed by atoms with Gasteiger partial charge in [-0.2, -0.15) is 8.42 Å². The van der Waals surface area contributed by atoms with Crippen molar-refractivity contribution < 1.29 is 22.4 Å². The Morgan fingerprint density at radius 1 is 1.19 bits per heavy atom. The van der Waals surface area contributed by atoms with E-state index in [-0.39, 0.29) is 0 Å². The van der Waals surface area contributed by atoms with Gasteiger partial charge in [0.1, 0.15) is 5.60 Å². The molecule has 2 aliphatic rings. The van der Waals surface area contributed by atoms with Crippen LogP contribution >= 0.6 is 23.2 Å². The predicted molar refractivity (Wildman–Crippen MR) is 122 cm³/mol. The van der Waals surface area contributed by atoms with Crippen molar-refractivity contribution in [3.8, 4) is 11.5 Å². The Balaban J connectivity index is 1.85. The molecule has 1 saturated carbocycles. The minimum absolute atomic E-state index is 0.406. The molecule has 0 amide bonds. The number of halogens is 2. The summed E-state index contributed by atoms with van der Waals surface area (Å²) in [7, 11) is -2.69. The molecule has 6 nitrogen and oxygen atoms in total. The van der Waals surface area contributed by atoms with Gasteiger partial charge in [0.15, 0.2) is 11.5 Å². The Kier molecular flexibility index (Phi) is 6.23. The largest absolute Gasteiger partial charge is 0.493 e. The second kappa shape index (κ2) is 8.62. The highest BCUT2D eigenvalue weighted by Crippen LogP contribution is 2.56. The molecule has 1 aromatic heterocycles. The van der Waals surface area contributed by atoms with E-state index in [0.29, 0.717) is 27.1 Å². The average Bonchev–Trinajstić information content (AvgIpc) is 3.00. The minimum atomic E-state index is -4.24. The molecule has 0 bridgehead atoms. The summed E-state index contributed by atoms with van der Waals surface area (Å²) in [4.78, 5) is 3.96. The standard InChI is InChI=1S/C22H23Cl2NO5S/c1-29-19-8-6-14(5-7-15-17(23)11-25-12-18(15)24)20-16(13-31(26,27)28)22(30-21(19)20)9-3-2-4-10-22/h5-8,11-12,16H,2-4,9-10,13H2,1H3,(H,26,27,28)/b7-5+. The molecule has 1 aliphatic carbocycles. The number of methoxy groups -OCH3 is 1. The number of aromatic nitrogens is 1. The van der Waals surface area contributed by atoms with E-state index in [1.807, 2.05) is 12.1 Å². The number of hydrogen-bond donors (Lipinski definition) is 1. The Bertz CT molecular complexity index is 1110. The van der Waals surface area contributed by atoms with Crippen LogP contribution in [-0.2, 0) is 10.1 Å². The number of rotatable bonds is 5. The fourth-order valence-corrected chi connectivity index (χ4v) is 6.09. The van der Waals surface area contributed by atoms with Gasteiger partial charge in [-0.1, -0.05) is 47.8 Å². The van der Waals surface area contributed by atoms with Gasteiger partial charge in [0.05, 0.1) is 22.9 Å². The summed E-state index contributed by atoms with van der Waals surface area (Å²) < 4.78 is 45.6. The van der Waals surface area contributed by atoms with Crippen LogP contribution in [-0.4, -0.2) is 36.4 Å². The number of pyridine rings is 1. The van der Waals surface area contributed by atoms with Gasteiger partial charge in [0.2, 0.25) is 0 Å². The van der Waals surface area contributed by atoms with Crippen LogP contribution in [0.3, 0.4) is 0 Å². The average molecular weight is 484 g/mol. The summed E-state index contributed by atoms with van der Waals surface area (Å²) in [5.74, 6) is 0.142. The summed E-state index contributed by atoms with van der Waals surface area (Å²) in [6, 6.07) is 3.64. The smallest absolute Gasteiger partial charge is 0.265 e. The molecule has 1 spiro atoms. The lowest BCUT2D eigenvalue weighted by Crippen LogP contribution is -2.42. The Labute approximate surface area is 191 Å². The zero-order chi connectivity index (χ0) is 22.2. The molecule has 31 heavy (non-hydrogen) atoms. The maximum atomic E-state index is 12.0. The first kappa shape index (κ1) is 22.4. The summed E-state index contributed by atoms with van der Waals surface area (Å²) in [5.41, 5.74) is 1.41. The second-order valence-electron chi connectivity index (χ2n) is 7.98. The van der Waals surface area contributed by atoms with Crippen LogP contribution in [0, 0.1) is 0 Å². The van der Waals surface area contributed by atoms with Gasteiger partial charge in [0.25, 0.3) is 10.1 Å². The molecule has 4 rings (SSSR count). The molecule has 166 valence electrons. The molecule has 9 heteroatoms. The molecule has 1 aliphatic heterocycles. The van der Waals surface area contributed by atoms with Gasteiger partial charge in [-0.25, -0.2) is 0 Å². The van der Waals surface area contributed by atoms with Crippen molar-refractivity contribution in [3.05, 3.63) is 51.3 Å². The molecule has 0 radical (unpaired) electrons. The fourth-order valence-electron chi connectivity index (χ4n) is 4.70. The van der Waals surface area contributed by atoms with Crippen molar-refractivity contribution in [2.24, 2.45) is 0 Å². The van der Waals surface area contributed by atoms with Crippen molar-refractivity contribution in [3.63, 3.8) is 0 Å². The fraction of sp³-hybridized carbons (Fsp3) is 0.409. The monoisotopic (exact) mass is 483 g/mol. The molecule has 1 fully saturated rings. The molecular formula is C22H23Cl2NO5S. The van der Waals surface area contributed by atoms with Crippen molar-refractivity contribution in [1.29, 1.82) is 0 Å². The molecule has 0 saturated heterocycles. The number of fused-ring (bicyclic) bond motifs is 1. The van der Waals surface area contributed by atoms with Crippen molar-refractivity contribution in [2.45, 2.75) is 43.6 Å². The molecule has 2 aromatic rings. The number of ether oxygens (including phenoxy) is 2. The highest BCUT2D eigenvalue weighted by molar-refractivity contribution is 7.85. The van der Waals surface area contributed by atoms with Gasteiger partial charge in [-0.05, 0) is 37.3 Å². The lowest BCUT2D eigenvalue weighted by Gasteiger charge is -2.37. The SMILES string of the molecule is COc1ccc(/C=C/c2c(Cl)cncc2Cl)c2c1OC1(CCCCC1)C2CS(=O)(=O)O. The van der Waals surface area contributed by atoms with Crippen LogP contribution in [0.5, 0.6) is 11.5 Å². The Morgan fingerprint density at radius 2 is 1.87 bits per heavy atom. The normalized spacial score (nSPS) is 20.1. The second-order valence-corrected chi connectivity index (χ2v) is 10.3. The summed E-state index contributed by atoms with van der Waals surface area (Å²) in [5, 5.41) is 0.812. The van der Waals surface area contributed by atoms with Crippen LogP contribution in [0.1, 0.15) is 54.7 Å². The lowest BCUT2D eigenvalue weighted by atomic mass is 9.74. The van der Waals surface area contributed by atoms with Crippen LogP contribution in [0.25, 0.3) is 12.2 Å². The molecule has 2 heterocycles. The maximum Gasteiger partial charge on any atom is 0.265 e. The molecule has 1 atom stereocenters. The Hall–Kier alpha value is -1.80. The van der Waals surface area contributed by atoms with E-state index in [9.17, 15) is 13.0 Å². The lowest BCUT2D eigenvalue weighted by molar-refractivity contribution is 0.0320. The van der Waals surface area contributed by atoms with Crippen LogP contribution in [0.4, 0.5) is 0 Å². The van der Waals surface area contributed by atoms with Gasteiger partial charge < -0.3 is 9.47 Å². The maximum absolute atomic E-state index is 12.0. The van der Waals surface area contributed by atoms with Crippen LogP contribution in [0.2, 0.25) is 10.0 Å². The van der Waals surface area contributed by atoms with Gasteiger partial charge >= 0.3 is 0 Å². The summed E-state index contributed by atoms with van der Waals surface area (Å²) in [6.07, 6.45) is 11.0. The number of benzene rings is 1. The van der Waals surface area contributed by atoms with E-state index in [0.717, 1.165) is 43.2 Å². The first-order valence-corrected chi connectivity index (χ1v) is 12.4. The molecule has 1 N–H and O–H groups in total. The van der Waals surface area contributed by atoms with Crippen molar-refractivity contribution >= 4 is 45.5 Å². The zero-order valence-electron chi connectivity index (χ0n) is 17.0. The van der Waals surface area contributed by atoms with E-state index >= 15 is 0 Å². The van der Waals surface area contributed by atoms with Crippen molar-refractivity contribution in [1.82, 2.24) is 4.98 Å². The van der Waals surface area contributed by atoms with Crippen LogP contribution < -0.4 is 9.47 Å². The first-order chi connectivity index (χ1) is 14.7. The predicted octanol–water partition coefficient (Wildman–Crippen LogP) is 5.63. The topological polar surface area (TPSA) is 85.7 Å². The molecular weight excluding hydrogens is 461 g/mol. The third-order valence-electron chi connectivity index (χ3n) is 6.10. The Morgan fingerprint density at radius 3 is 2.48 bits per heavy atom. The van der Waals surface area contributed by atoms with Gasteiger partial charge in [-0.3, -0.25) is 9.54 Å². The third-order valence-corrected chi connectivity index (χ3v) is 7.46. The third kappa shape index (κ3) is 4.42. The quantitative estimate of drug-likeness (QED) is 0.554. The molecule has 1 aromatic carbocycles. The number of nitrogens with zero attached hydrogens (tertiary/aromatic N) is 1. The van der Waals surface area contributed by atoms with Gasteiger partial charge in [0, 0.05) is 29.4 Å². The van der Waals surface area contributed by atoms with Crippen molar-refractivity contribution in [2.75, 3.05) is 12.9 Å². The van der Waals surface area contributed by atoms with E-state index in [2.05, 4.69) is 4.98 Å². The summed E-state index contributed by atoms with van der Waals surface area (Å²) in [6.45, 7) is 0. The highest BCUT2D eigenvalue weighted by atomic mass is 35.5. The van der Waals surface area contributed by atoms with Gasteiger partial charge in [-0.15, -0.1) is 0 Å². The number of hydrogen-bond acceptors (Lipinski definition) is 5. The summed E-state index contributed by atoms with van der Waals surface area (Å²) >= 11 is 12.5.